The van der Waals surface area contributed by atoms with Crippen LogP contribution in [-0.4, -0.2) is 18.1 Å². The van der Waals surface area contributed by atoms with E-state index >= 15 is 0 Å². The second kappa shape index (κ2) is 5.63. The fourth-order valence-electron chi connectivity index (χ4n) is 2.67. The topological polar surface area (TPSA) is 42.1 Å². The smallest absolute Gasteiger partial charge is 0.129 e. The van der Waals surface area contributed by atoms with Gasteiger partial charge in [-0.1, -0.05) is 29.8 Å². The Morgan fingerprint density at radius 1 is 1.10 bits per heavy atom. The Balaban J connectivity index is 2.01. The Bertz CT molecular complexity index is 584. The van der Waals surface area contributed by atoms with E-state index in [1.165, 1.54) is 18.4 Å². The van der Waals surface area contributed by atoms with Crippen molar-refractivity contribution < 1.29 is 0 Å². The van der Waals surface area contributed by atoms with Crippen molar-refractivity contribution in [3.8, 4) is 11.3 Å². The minimum Gasteiger partial charge on any atom is -0.357 e. The predicted octanol–water partition coefficient (Wildman–Crippen LogP) is 3.12. The van der Waals surface area contributed by atoms with Gasteiger partial charge in [-0.15, -0.1) is 0 Å². The third-order valence-electron chi connectivity index (χ3n) is 3.88. The molecule has 0 amide bonds. The monoisotopic (exact) mass is 267 g/mol. The highest BCUT2D eigenvalue weighted by Crippen LogP contribution is 2.25. The molecule has 3 heteroatoms. The fourth-order valence-corrected chi connectivity index (χ4v) is 2.67. The van der Waals surface area contributed by atoms with E-state index in [4.69, 9.17) is 10.7 Å². The standard InChI is InChI=1S/C17H21N3/c1-13-4-6-15(7-5-13)16-10-14(12-18)11-17(19-16)20-8-2-3-9-20/h4-7,10-11H,2-3,8-9,12,18H2,1H3. The van der Waals surface area contributed by atoms with E-state index in [2.05, 4.69) is 48.2 Å². The van der Waals surface area contributed by atoms with Crippen molar-refractivity contribution in [3.05, 3.63) is 47.5 Å². The molecule has 0 aliphatic carbocycles. The van der Waals surface area contributed by atoms with E-state index in [1.54, 1.807) is 0 Å². The summed E-state index contributed by atoms with van der Waals surface area (Å²) in [7, 11) is 0. The number of rotatable bonds is 3. The van der Waals surface area contributed by atoms with Crippen molar-refractivity contribution in [3.63, 3.8) is 0 Å². The molecule has 2 N–H and O–H groups in total. The minimum absolute atomic E-state index is 0.558. The maximum atomic E-state index is 5.84. The lowest BCUT2D eigenvalue weighted by Crippen LogP contribution is -2.19. The van der Waals surface area contributed by atoms with Crippen LogP contribution in [-0.2, 0) is 6.54 Å². The summed E-state index contributed by atoms with van der Waals surface area (Å²) in [4.78, 5) is 7.19. The summed E-state index contributed by atoms with van der Waals surface area (Å²) >= 11 is 0. The number of hydrogen-bond donors (Lipinski definition) is 1. The van der Waals surface area contributed by atoms with Gasteiger partial charge in [0, 0.05) is 25.2 Å². The average Bonchev–Trinajstić information content (AvgIpc) is 3.02. The van der Waals surface area contributed by atoms with Gasteiger partial charge in [0.15, 0.2) is 0 Å². The van der Waals surface area contributed by atoms with Crippen LogP contribution in [0.4, 0.5) is 5.82 Å². The van der Waals surface area contributed by atoms with E-state index in [0.717, 1.165) is 35.7 Å². The summed E-state index contributed by atoms with van der Waals surface area (Å²) in [5.41, 5.74) is 10.4. The summed E-state index contributed by atoms with van der Waals surface area (Å²) in [5.74, 6) is 1.07. The molecular weight excluding hydrogens is 246 g/mol. The lowest BCUT2D eigenvalue weighted by molar-refractivity contribution is 0.930. The van der Waals surface area contributed by atoms with E-state index in [1.807, 2.05) is 0 Å². The van der Waals surface area contributed by atoms with Gasteiger partial charge in [0.1, 0.15) is 5.82 Å². The van der Waals surface area contributed by atoms with Gasteiger partial charge in [-0.2, -0.15) is 0 Å². The molecule has 1 saturated heterocycles. The molecule has 20 heavy (non-hydrogen) atoms. The highest BCUT2D eigenvalue weighted by molar-refractivity contribution is 5.63. The van der Waals surface area contributed by atoms with Crippen LogP contribution in [0.15, 0.2) is 36.4 Å². The van der Waals surface area contributed by atoms with E-state index in [0.29, 0.717) is 6.54 Å². The first-order valence-corrected chi connectivity index (χ1v) is 7.29. The van der Waals surface area contributed by atoms with Gasteiger partial charge in [0.05, 0.1) is 5.69 Å². The zero-order valence-corrected chi connectivity index (χ0v) is 12.0. The van der Waals surface area contributed by atoms with Crippen molar-refractivity contribution >= 4 is 5.82 Å². The third kappa shape index (κ3) is 2.68. The number of pyridine rings is 1. The first-order valence-electron chi connectivity index (χ1n) is 7.29. The number of nitrogens with zero attached hydrogens (tertiary/aromatic N) is 2. The van der Waals surface area contributed by atoms with Crippen LogP contribution < -0.4 is 10.6 Å². The zero-order chi connectivity index (χ0) is 13.9. The third-order valence-corrected chi connectivity index (χ3v) is 3.88. The van der Waals surface area contributed by atoms with E-state index < -0.39 is 0 Å². The van der Waals surface area contributed by atoms with Crippen LogP contribution in [0.2, 0.25) is 0 Å². The molecular formula is C17H21N3. The lowest BCUT2D eigenvalue weighted by atomic mass is 10.1. The fraction of sp³-hybridized carbons (Fsp3) is 0.353. The largest absolute Gasteiger partial charge is 0.357 e. The number of aromatic nitrogens is 1. The highest BCUT2D eigenvalue weighted by Gasteiger charge is 2.15. The van der Waals surface area contributed by atoms with Crippen molar-refractivity contribution in [2.45, 2.75) is 26.3 Å². The Hall–Kier alpha value is -1.87. The molecule has 0 radical (unpaired) electrons. The van der Waals surface area contributed by atoms with Gasteiger partial charge < -0.3 is 10.6 Å². The van der Waals surface area contributed by atoms with Gasteiger partial charge in [0.2, 0.25) is 0 Å². The van der Waals surface area contributed by atoms with Crippen LogP contribution in [0, 0.1) is 6.92 Å². The molecule has 2 aromatic rings. The Morgan fingerprint density at radius 2 is 1.80 bits per heavy atom. The summed E-state index contributed by atoms with van der Waals surface area (Å²) < 4.78 is 0. The molecule has 1 aromatic heterocycles. The average molecular weight is 267 g/mol. The number of nitrogens with two attached hydrogens (primary N) is 1. The minimum atomic E-state index is 0.558. The molecule has 0 spiro atoms. The number of hydrogen-bond acceptors (Lipinski definition) is 3. The summed E-state index contributed by atoms with van der Waals surface area (Å²) in [6.45, 7) is 4.87. The van der Waals surface area contributed by atoms with Crippen molar-refractivity contribution in [1.82, 2.24) is 4.98 Å². The van der Waals surface area contributed by atoms with Gasteiger partial charge in [-0.3, -0.25) is 0 Å². The maximum absolute atomic E-state index is 5.84. The molecule has 104 valence electrons. The lowest BCUT2D eigenvalue weighted by Gasteiger charge is -2.18. The van der Waals surface area contributed by atoms with Gasteiger partial charge in [-0.25, -0.2) is 4.98 Å². The van der Waals surface area contributed by atoms with Crippen LogP contribution in [0.3, 0.4) is 0 Å². The zero-order valence-electron chi connectivity index (χ0n) is 12.0. The number of anilines is 1. The number of aryl methyl sites for hydroxylation is 1. The van der Waals surface area contributed by atoms with Crippen LogP contribution in [0.25, 0.3) is 11.3 Å². The molecule has 0 unspecified atom stereocenters. The quantitative estimate of drug-likeness (QED) is 0.929. The van der Waals surface area contributed by atoms with Crippen LogP contribution in [0.1, 0.15) is 24.0 Å². The molecule has 3 nitrogen and oxygen atoms in total. The Kier molecular flexibility index (Phi) is 3.70. The maximum Gasteiger partial charge on any atom is 0.129 e. The van der Waals surface area contributed by atoms with Crippen LogP contribution in [0.5, 0.6) is 0 Å². The summed E-state index contributed by atoms with van der Waals surface area (Å²) in [6, 6.07) is 12.7. The summed E-state index contributed by atoms with van der Waals surface area (Å²) in [6.07, 6.45) is 2.52. The van der Waals surface area contributed by atoms with Crippen LogP contribution >= 0.6 is 0 Å². The molecule has 1 aliphatic rings. The second-order valence-electron chi connectivity index (χ2n) is 5.48. The molecule has 1 fully saturated rings. The predicted molar refractivity (Wildman–Crippen MR) is 83.7 cm³/mol. The molecule has 2 heterocycles. The SMILES string of the molecule is Cc1ccc(-c2cc(CN)cc(N3CCCC3)n2)cc1. The van der Waals surface area contributed by atoms with Gasteiger partial charge in [0.25, 0.3) is 0 Å². The first-order chi connectivity index (χ1) is 9.76. The van der Waals surface area contributed by atoms with Gasteiger partial charge >= 0.3 is 0 Å². The second-order valence-corrected chi connectivity index (χ2v) is 5.48. The molecule has 0 saturated carbocycles. The summed E-state index contributed by atoms with van der Waals surface area (Å²) in [5, 5.41) is 0. The Labute approximate surface area is 120 Å². The van der Waals surface area contributed by atoms with Crippen molar-refractivity contribution in [1.29, 1.82) is 0 Å². The van der Waals surface area contributed by atoms with E-state index in [9.17, 15) is 0 Å². The Morgan fingerprint density at radius 3 is 2.45 bits per heavy atom. The molecule has 1 aromatic carbocycles. The normalized spacial score (nSPS) is 14.8. The highest BCUT2D eigenvalue weighted by atomic mass is 15.2. The van der Waals surface area contributed by atoms with Crippen molar-refractivity contribution in [2.75, 3.05) is 18.0 Å². The molecule has 1 aliphatic heterocycles. The molecule has 3 rings (SSSR count). The van der Waals surface area contributed by atoms with Crippen molar-refractivity contribution in [2.24, 2.45) is 5.73 Å². The van der Waals surface area contributed by atoms with Gasteiger partial charge in [-0.05, 0) is 37.5 Å². The van der Waals surface area contributed by atoms with E-state index in [-0.39, 0.29) is 0 Å². The molecule has 0 bridgehead atoms. The first kappa shape index (κ1) is 13.1. The number of benzene rings is 1. The molecule has 0 atom stereocenters.